The van der Waals surface area contributed by atoms with Crippen LogP contribution in [0.5, 0.6) is 0 Å². The van der Waals surface area contributed by atoms with Gasteiger partial charge in [-0.2, -0.15) is 0 Å². The van der Waals surface area contributed by atoms with Crippen molar-refractivity contribution in [1.82, 2.24) is 4.90 Å². The van der Waals surface area contributed by atoms with Gasteiger partial charge in [-0.1, -0.05) is 0 Å². The lowest BCUT2D eigenvalue weighted by Gasteiger charge is -2.21. The third kappa shape index (κ3) is 3.26. The minimum Gasteiger partial charge on any atom is -0.480 e. The van der Waals surface area contributed by atoms with Gasteiger partial charge in [0.1, 0.15) is 6.04 Å². The molecular formula is C13H14BrNO5S. The van der Waals surface area contributed by atoms with E-state index in [1.165, 1.54) is 23.1 Å². The Kier molecular flexibility index (Phi) is 4.38. The lowest BCUT2D eigenvalue weighted by atomic mass is 10.1. The SMILES string of the molecule is CS(=O)(=O)c1cc(C(=O)N2CCC[C@@H]2C(=O)O)ccc1Br. The fraction of sp³-hybridized carbons (Fsp3) is 0.385. The smallest absolute Gasteiger partial charge is 0.326 e. The molecule has 1 amide bonds. The molecule has 0 bridgehead atoms. The highest BCUT2D eigenvalue weighted by Gasteiger charge is 2.34. The number of hydrogen-bond donors (Lipinski definition) is 1. The summed E-state index contributed by atoms with van der Waals surface area (Å²) in [6.07, 6.45) is 2.09. The molecule has 6 nitrogen and oxygen atoms in total. The fourth-order valence-electron chi connectivity index (χ4n) is 2.35. The number of hydrogen-bond acceptors (Lipinski definition) is 4. The topological polar surface area (TPSA) is 91.8 Å². The van der Waals surface area contributed by atoms with E-state index in [4.69, 9.17) is 5.11 Å². The van der Waals surface area contributed by atoms with Gasteiger partial charge in [-0.15, -0.1) is 0 Å². The number of benzene rings is 1. The molecule has 1 aliphatic rings. The molecule has 0 unspecified atom stereocenters. The second kappa shape index (κ2) is 5.76. The summed E-state index contributed by atoms with van der Waals surface area (Å²) in [4.78, 5) is 24.8. The minimum absolute atomic E-state index is 0.0134. The van der Waals surface area contributed by atoms with E-state index in [9.17, 15) is 18.0 Å². The molecule has 1 aromatic rings. The number of likely N-dealkylation sites (tertiary alicyclic amines) is 1. The van der Waals surface area contributed by atoms with Crippen molar-refractivity contribution in [3.05, 3.63) is 28.2 Å². The highest BCUT2D eigenvalue weighted by atomic mass is 79.9. The van der Waals surface area contributed by atoms with Crippen molar-refractivity contribution in [2.24, 2.45) is 0 Å². The van der Waals surface area contributed by atoms with E-state index in [0.29, 0.717) is 23.9 Å². The van der Waals surface area contributed by atoms with Crippen LogP contribution in [0.25, 0.3) is 0 Å². The van der Waals surface area contributed by atoms with E-state index in [1.54, 1.807) is 0 Å². The predicted octanol–water partition coefficient (Wildman–Crippen LogP) is 1.54. The number of rotatable bonds is 3. The molecule has 0 saturated carbocycles. The zero-order valence-corrected chi connectivity index (χ0v) is 13.6. The van der Waals surface area contributed by atoms with Crippen LogP contribution in [0.4, 0.5) is 0 Å². The van der Waals surface area contributed by atoms with Crippen LogP contribution in [-0.4, -0.2) is 49.1 Å². The van der Waals surface area contributed by atoms with Crippen LogP contribution in [0.15, 0.2) is 27.6 Å². The lowest BCUT2D eigenvalue weighted by molar-refractivity contribution is -0.141. The predicted molar refractivity (Wildman–Crippen MR) is 78.9 cm³/mol. The van der Waals surface area contributed by atoms with Gasteiger partial charge in [0.05, 0.1) is 4.90 Å². The summed E-state index contributed by atoms with van der Waals surface area (Å²) in [6.45, 7) is 0.361. The average Bonchev–Trinajstić information content (AvgIpc) is 2.86. The first-order valence-corrected chi connectivity index (χ1v) is 8.93. The van der Waals surface area contributed by atoms with Crippen molar-refractivity contribution < 1.29 is 23.1 Å². The Bertz CT molecular complexity index is 701. The first-order chi connectivity index (χ1) is 9.71. The van der Waals surface area contributed by atoms with Crippen molar-refractivity contribution in [2.45, 2.75) is 23.8 Å². The number of amides is 1. The van der Waals surface area contributed by atoms with Crippen molar-refractivity contribution >= 4 is 37.6 Å². The zero-order chi connectivity index (χ0) is 15.8. The van der Waals surface area contributed by atoms with E-state index in [1.807, 2.05) is 0 Å². The van der Waals surface area contributed by atoms with Gasteiger partial charge in [0.25, 0.3) is 5.91 Å². The van der Waals surface area contributed by atoms with Crippen molar-refractivity contribution in [3.8, 4) is 0 Å². The molecule has 21 heavy (non-hydrogen) atoms. The van der Waals surface area contributed by atoms with Gasteiger partial charge in [-0.05, 0) is 47.0 Å². The van der Waals surface area contributed by atoms with E-state index >= 15 is 0 Å². The summed E-state index contributed by atoms with van der Waals surface area (Å²) in [5, 5.41) is 9.11. The molecular weight excluding hydrogens is 362 g/mol. The highest BCUT2D eigenvalue weighted by molar-refractivity contribution is 9.10. The van der Waals surface area contributed by atoms with Crippen LogP contribution in [0.3, 0.4) is 0 Å². The van der Waals surface area contributed by atoms with Crippen LogP contribution in [0, 0.1) is 0 Å². The second-order valence-corrected chi connectivity index (χ2v) is 7.75. The second-order valence-electron chi connectivity index (χ2n) is 4.91. The molecule has 1 N–H and O–H groups in total. The summed E-state index contributed by atoms with van der Waals surface area (Å²) < 4.78 is 23.7. The summed E-state index contributed by atoms with van der Waals surface area (Å²) in [6, 6.07) is 3.40. The fourth-order valence-corrected chi connectivity index (χ4v) is 4.24. The summed E-state index contributed by atoms with van der Waals surface area (Å²) in [5.74, 6) is -1.50. The molecule has 1 atom stereocenters. The standard InChI is InChI=1S/C13H14BrNO5S/c1-21(19,20)11-7-8(4-5-9(11)14)12(16)15-6-2-3-10(15)13(17)18/h4-5,7,10H,2-3,6H2,1H3,(H,17,18)/t10-/m1/s1. The monoisotopic (exact) mass is 375 g/mol. The Balaban J connectivity index is 2.39. The van der Waals surface area contributed by atoms with Crippen LogP contribution in [-0.2, 0) is 14.6 Å². The Morgan fingerprint density at radius 2 is 2.05 bits per heavy atom. The summed E-state index contributed by atoms with van der Waals surface area (Å²) in [5.41, 5.74) is 0.173. The maximum absolute atomic E-state index is 12.4. The molecule has 8 heteroatoms. The number of halogens is 1. The third-order valence-corrected chi connectivity index (χ3v) is 5.47. The van der Waals surface area contributed by atoms with Crippen molar-refractivity contribution in [2.75, 3.05) is 12.8 Å². The molecule has 0 radical (unpaired) electrons. The van der Waals surface area contributed by atoms with Gasteiger partial charge in [-0.3, -0.25) is 4.79 Å². The maximum atomic E-state index is 12.4. The summed E-state index contributed by atoms with van der Waals surface area (Å²) >= 11 is 3.14. The molecule has 1 heterocycles. The van der Waals surface area contributed by atoms with Crippen LogP contribution < -0.4 is 0 Å². The number of aliphatic carboxylic acids is 1. The van der Waals surface area contributed by atoms with E-state index < -0.39 is 27.8 Å². The molecule has 0 spiro atoms. The summed E-state index contributed by atoms with van der Waals surface area (Å²) in [7, 11) is -3.48. The quantitative estimate of drug-likeness (QED) is 0.864. The number of carbonyl (C=O) groups is 2. The van der Waals surface area contributed by atoms with Gasteiger partial charge in [0.2, 0.25) is 0 Å². The van der Waals surface area contributed by atoms with Crippen LogP contribution >= 0.6 is 15.9 Å². The van der Waals surface area contributed by atoms with Gasteiger partial charge in [0, 0.05) is 22.8 Å². The minimum atomic E-state index is -3.48. The molecule has 114 valence electrons. The van der Waals surface area contributed by atoms with Gasteiger partial charge < -0.3 is 10.0 Å². The van der Waals surface area contributed by atoms with Crippen LogP contribution in [0.1, 0.15) is 23.2 Å². The number of nitrogens with zero attached hydrogens (tertiary/aromatic N) is 1. The van der Waals surface area contributed by atoms with E-state index in [0.717, 1.165) is 6.26 Å². The average molecular weight is 376 g/mol. The third-order valence-electron chi connectivity index (χ3n) is 3.38. The molecule has 1 aliphatic heterocycles. The normalized spacial score (nSPS) is 18.8. The van der Waals surface area contributed by atoms with Gasteiger partial charge >= 0.3 is 5.97 Å². The van der Waals surface area contributed by atoms with E-state index in [-0.39, 0.29) is 10.5 Å². The van der Waals surface area contributed by atoms with Crippen LogP contribution in [0.2, 0.25) is 0 Å². The highest BCUT2D eigenvalue weighted by Crippen LogP contribution is 2.26. The Hall–Kier alpha value is -1.41. The van der Waals surface area contributed by atoms with Gasteiger partial charge in [0.15, 0.2) is 9.84 Å². The largest absolute Gasteiger partial charge is 0.480 e. The first kappa shape index (κ1) is 16.0. The van der Waals surface area contributed by atoms with Crippen molar-refractivity contribution in [3.63, 3.8) is 0 Å². The molecule has 1 fully saturated rings. The number of carbonyl (C=O) groups excluding carboxylic acids is 1. The Morgan fingerprint density at radius 3 is 2.62 bits per heavy atom. The number of carboxylic acids is 1. The van der Waals surface area contributed by atoms with E-state index in [2.05, 4.69) is 15.9 Å². The Labute approximate surface area is 130 Å². The van der Waals surface area contributed by atoms with Crippen molar-refractivity contribution in [1.29, 1.82) is 0 Å². The number of carboxylic acid groups (broad SMARTS) is 1. The molecule has 1 saturated heterocycles. The Morgan fingerprint density at radius 1 is 1.38 bits per heavy atom. The molecule has 1 aromatic carbocycles. The maximum Gasteiger partial charge on any atom is 0.326 e. The van der Waals surface area contributed by atoms with Gasteiger partial charge in [-0.25, -0.2) is 13.2 Å². The molecule has 2 rings (SSSR count). The first-order valence-electron chi connectivity index (χ1n) is 6.25. The molecule has 0 aliphatic carbocycles. The molecule has 0 aromatic heterocycles. The lowest BCUT2D eigenvalue weighted by Crippen LogP contribution is -2.40. The number of sulfone groups is 1. The zero-order valence-electron chi connectivity index (χ0n) is 11.2.